The molecule has 0 aliphatic rings. The minimum Gasteiger partial charge on any atom is -0.481 e. The first-order valence-electron chi connectivity index (χ1n) is 6.45. The number of rotatable bonds is 5. The molecular weight excluding hydrogens is 284 g/mol. The number of benzene rings is 1. The Hall–Kier alpha value is -2.47. The van der Waals surface area contributed by atoms with Gasteiger partial charge in [-0.3, -0.25) is 0 Å². The molecule has 0 saturated carbocycles. The van der Waals surface area contributed by atoms with Crippen LogP contribution in [0.15, 0.2) is 54.2 Å². The number of nitrogens with one attached hydrogen (secondary N) is 1. The highest BCUT2D eigenvalue weighted by atomic mass is 32.1. The normalized spacial score (nSPS) is 11.9. The molecule has 0 spiro atoms. The van der Waals surface area contributed by atoms with Gasteiger partial charge in [-0.05, 0) is 5.56 Å². The fraction of sp³-hybridized carbons (Fsp3) is 0.133. The zero-order valence-corrected chi connectivity index (χ0v) is 12.2. The smallest absolute Gasteiger partial charge is 0.226 e. The summed E-state index contributed by atoms with van der Waals surface area (Å²) in [6.45, 7) is 0. The van der Waals surface area contributed by atoms with E-state index in [-0.39, 0.29) is 6.04 Å². The minimum absolute atomic E-state index is 0.0849. The van der Waals surface area contributed by atoms with E-state index in [0.29, 0.717) is 11.8 Å². The van der Waals surface area contributed by atoms with Crippen LogP contribution < -0.4 is 10.1 Å². The first kappa shape index (κ1) is 13.5. The number of methoxy groups -OCH3 is 1. The minimum atomic E-state index is -0.0849. The van der Waals surface area contributed by atoms with Crippen LogP contribution in [0.5, 0.6) is 5.88 Å². The third kappa shape index (κ3) is 3.17. The van der Waals surface area contributed by atoms with E-state index in [9.17, 15) is 0 Å². The monoisotopic (exact) mass is 298 g/mol. The van der Waals surface area contributed by atoms with Crippen molar-refractivity contribution in [2.24, 2.45) is 0 Å². The molecule has 0 saturated heterocycles. The topological polar surface area (TPSA) is 59.9 Å². The van der Waals surface area contributed by atoms with Crippen LogP contribution in [0.1, 0.15) is 16.6 Å². The first-order chi connectivity index (χ1) is 10.4. The molecule has 2 heterocycles. The molecule has 21 heavy (non-hydrogen) atoms. The summed E-state index contributed by atoms with van der Waals surface area (Å²) in [5.74, 6) is 1.04. The SMILES string of the molecule is COc1ccnc(NC(c2ccccc2)c2nccs2)n1. The summed E-state index contributed by atoms with van der Waals surface area (Å²) in [7, 11) is 1.58. The molecule has 1 N–H and O–H groups in total. The molecule has 0 aliphatic carbocycles. The lowest BCUT2D eigenvalue weighted by molar-refractivity contribution is 0.397. The zero-order valence-electron chi connectivity index (χ0n) is 11.4. The van der Waals surface area contributed by atoms with Gasteiger partial charge >= 0.3 is 0 Å². The van der Waals surface area contributed by atoms with Crippen molar-refractivity contribution >= 4 is 17.3 Å². The molecule has 1 unspecified atom stereocenters. The second kappa shape index (κ2) is 6.32. The lowest BCUT2D eigenvalue weighted by Crippen LogP contribution is -2.14. The van der Waals surface area contributed by atoms with Gasteiger partial charge in [-0.15, -0.1) is 11.3 Å². The molecule has 6 heteroatoms. The van der Waals surface area contributed by atoms with E-state index in [2.05, 4.69) is 32.4 Å². The van der Waals surface area contributed by atoms with Crippen molar-refractivity contribution in [1.29, 1.82) is 0 Å². The van der Waals surface area contributed by atoms with Crippen LogP contribution in [0.2, 0.25) is 0 Å². The van der Waals surface area contributed by atoms with E-state index in [0.717, 1.165) is 10.6 Å². The molecule has 5 nitrogen and oxygen atoms in total. The summed E-state index contributed by atoms with van der Waals surface area (Å²) in [6, 6.07) is 11.7. The first-order valence-corrected chi connectivity index (χ1v) is 7.32. The van der Waals surface area contributed by atoms with E-state index in [1.54, 1.807) is 36.9 Å². The van der Waals surface area contributed by atoms with E-state index in [1.807, 2.05) is 23.6 Å². The summed E-state index contributed by atoms with van der Waals surface area (Å²) in [5.41, 5.74) is 1.11. The molecule has 0 amide bonds. The van der Waals surface area contributed by atoms with Crippen molar-refractivity contribution in [2.45, 2.75) is 6.04 Å². The van der Waals surface area contributed by atoms with Crippen LogP contribution in [-0.2, 0) is 0 Å². The lowest BCUT2D eigenvalue weighted by atomic mass is 10.1. The number of hydrogen-bond acceptors (Lipinski definition) is 6. The van der Waals surface area contributed by atoms with Crippen molar-refractivity contribution in [3.8, 4) is 5.88 Å². The van der Waals surface area contributed by atoms with Crippen molar-refractivity contribution in [3.05, 3.63) is 64.7 Å². The fourth-order valence-corrected chi connectivity index (χ4v) is 2.68. The van der Waals surface area contributed by atoms with Crippen molar-refractivity contribution in [1.82, 2.24) is 15.0 Å². The van der Waals surface area contributed by atoms with E-state index >= 15 is 0 Å². The highest BCUT2D eigenvalue weighted by molar-refractivity contribution is 7.09. The molecule has 0 aliphatic heterocycles. The number of ether oxygens (including phenoxy) is 1. The van der Waals surface area contributed by atoms with Crippen LogP contribution >= 0.6 is 11.3 Å². The quantitative estimate of drug-likeness (QED) is 0.784. The van der Waals surface area contributed by atoms with Gasteiger partial charge in [-0.25, -0.2) is 9.97 Å². The molecule has 1 aromatic carbocycles. The highest BCUT2D eigenvalue weighted by Gasteiger charge is 2.17. The van der Waals surface area contributed by atoms with Crippen molar-refractivity contribution in [2.75, 3.05) is 12.4 Å². The van der Waals surface area contributed by atoms with E-state index in [4.69, 9.17) is 4.74 Å². The molecule has 1 atom stereocenters. The predicted octanol–water partition coefficient (Wildman–Crippen LogP) is 3.14. The van der Waals surface area contributed by atoms with Gasteiger partial charge in [-0.1, -0.05) is 30.3 Å². The maximum Gasteiger partial charge on any atom is 0.226 e. The molecule has 3 rings (SSSR count). The van der Waals surface area contributed by atoms with Gasteiger partial charge < -0.3 is 10.1 Å². The highest BCUT2D eigenvalue weighted by Crippen LogP contribution is 2.27. The van der Waals surface area contributed by atoms with Gasteiger partial charge in [0, 0.05) is 23.8 Å². The van der Waals surface area contributed by atoms with Gasteiger partial charge in [0.1, 0.15) is 11.0 Å². The van der Waals surface area contributed by atoms with Crippen LogP contribution in [0.25, 0.3) is 0 Å². The third-order valence-electron chi connectivity index (χ3n) is 2.94. The molecular formula is C15H14N4OS. The van der Waals surface area contributed by atoms with Gasteiger partial charge in [0.25, 0.3) is 0 Å². The Bertz CT molecular complexity index is 688. The van der Waals surface area contributed by atoms with Gasteiger partial charge in [0.2, 0.25) is 11.8 Å². The zero-order chi connectivity index (χ0) is 14.5. The second-order valence-electron chi connectivity index (χ2n) is 4.28. The number of aromatic nitrogens is 3. The fourth-order valence-electron chi connectivity index (χ4n) is 1.96. The molecule has 0 fully saturated rings. The average molecular weight is 298 g/mol. The summed E-state index contributed by atoms with van der Waals surface area (Å²) >= 11 is 1.59. The standard InChI is InChI=1S/C15H14N4OS/c1-20-12-7-8-17-15(18-12)19-13(14-16-9-10-21-14)11-5-3-2-4-6-11/h2-10,13H,1H3,(H,17,18,19). The second-order valence-corrected chi connectivity index (χ2v) is 5.21. The van der Waals surface area contributed by atoms with Gasteiger partial charge in [0.15, 0.2) is 0 Å². The Balaban J connectivity index is 1.93. The maximum absolute atomic E-state index is 5.13. The summed E-state index contributed by atoms with van der Waals surface area (Å²) in [5, 5.41) is 6.24. The largest absolute Gasteiger partial charge is 0.481 e. The Morgan fingerprint density at radius 1 is 1.10 bits per heavy atom. The van der Waals surface area contributed by atoms with Gasteiger partial charge in [-0.2, -0.15) is 4.98 Å². The van der Waals surface area contributed by atoms with Crippen LogP contribution in [-0.4, -0.2) is 22.1 Å². The average Bonchev–Trinajstić information content (AvgIpc) is 3.08. The number of anilines is 1. The lowest BCUT2D eigenvalue weighted by Gasteiger charge is -2.17. The van der Waals surface area contributed by atoms with Crippen LogP contribution in [0.3, 0.4) is 0 Å². The molecule has 106 valence electrons. The Morgan fingerprint density at radius 3 is 2.67 bits per heavy atom. The molecule has 3 aromatic rings. The summed E-state index contributed by atoms with van der Waals surface area (Å²) in [6.07, 6.45) is 3.46. The Kier molecular flexibility index (Phi) is 4.07. The Labute approximate surface area is 126 Å². The summed E-state index contributed by atoms with van der Waals surface area (Å²) in [4.78, 5) is 12.9. The van der Waals surface area contributed by atoms with Gasteiger partial charge in [0.05, 0.1) is 7.11 Å². The molecule has 0 radical (unpaired) electrons. The molecule has 0 bridgehead atoms. The third-order valence-corrected chi connectivity index (χ3v) is 3.78. The van der Waals surface area contributed by atoms with Crippen LogP contribution in [0.4, 0.5) is 5.95 Å². The summed E-state index contributed by atoms with van der Waals surface area (Å²) < 4.78 is 5.13. The maximum atomic E-state index is 5.13. The van der Waals surface area contributed by atoms with Crippen molar-refractivity contribution < 1.29 is 4.74 Å². The number of thiazole rings is 1. The number of nitrogens with zero attached hydrogens (tertiary/aromatic N) is 3. The predicted molar refractivity (Wildman–Crippen MR) is 82.6 cm³/mol. The number of hydrogen-bond donors (Lipinski definition) is 1. The Morgan fingerprint density at radius 2 is 1.95 bits per heavy atom. The van der Waals surface area contributed by atoms with E-state index in [1.165, 1.54) is 0 Å². The van der Waals surface area contributed by atoms with Crippen LogP contribution in [0, 0.1) is 0 Å². The van der Waals surface area contributed by atoms with Crippen molar-refractivity contribution in [3.63, 3.8) is 0 Å². The van der Waals surface area contributed by atoms with E-state index < -0.39 is 0 Å². The molecule has 2 aromatic heterocycles.